The van der Waals surface area contributed by atoms with Crippen molar-refractivity contribution in [2.75, 3.05) is 12.4 Å². The fourth-order valence-electron chi connectivity index (χ4n) is 4.86. The monoisotopic (exact) mass is 439 g/mol. The maximum Gasteiger partial charge on any atom is 0.354 e. The molecule has 170 valence electrons. The van der Waals surface area contributed by atoms with E-state index < -0.39 is 17.3 Å². The first-order valence-corrected chi connectivity index (χ1v) is 10.6. The molecule has 0 aromatic heterocycles. The zero-order chi connectivity index (χ0) is 23.5. The fourth-order valence-corrected chi connectivity index (χ4v) is 4.86. The van der Waals surface area contributed by atoms with Gasteiger partial charge in [-0.3, -0.25) is 14.4 Å². The van der Waals surface area contributed by atoms with Crippen LogP contribution in [-0.4, -0.2) is 30.8 Å². The highest BCUT2D eigenvalue weighted by molar-refractivity contribution is 6.03. The molecular weight excluding hydrogens is 410 g/mol. The molecule has 32 heavy (non-hydrogen) atoms. The molecule has 1 aromatic carbocycles. The standard InChI is InChI=1S/C24H29N3O5/c1-5-18(20(29)26-19(6-2)21(30)32-4)27-22(31)24-12-11-23(13-24,14-24)16-7-9-17(10-8-16)25-15(3)28/h5-10H,11-14H2,1-4H3,(H,25,28)(H,26,29)(H,27,31)/b18-5?,19-6+. The Kier molecular flexibility index (Phi) is 6.52. The van der Waals surface area contributed by atoms with Crippen molar-refractivity contribution in [3.63, 3.8) is 0 Å². The Morgan fingerprint density at radius 1 is 0.938 bits per heavy atom. The molecule has 0 spiro atoms. The van der Waals surface area contributed by atoms with Gasteiger partial charge >= 0.3 is 5.97 Å². The Hall–Kier alpha value is -3.42. The number of benzene rings is 1. The minimum Gasteiger partial charge on any atom is -0.464 e. The van der Waals surface area contributed by atoms with Gasteiger partial charge in [-0.05, 0) is 62.6 Å². The summed E-state index contributed by atoms with van der Waals surface area (Å²) in [6, 6.07) is 7.78. The number of hydrogen-bond acceptors (Lipinski definition) is 5. The van der Waals surface area contributed by atoms with Crippen LogP contribution in [0.5, 0.6) is 0 Å². The summed E-state index contributed by atoms with van der Waals surface area (Å²) in [6.45, 7) is 4.72. The van der Waals surface area contributed by atoms with Crippen molar-refractivity contribution in [2.45, 2.75) is 51.9 Å². The lowest BCUT2D eigenvalue weighted by molar-refractivity contribution is -0.137. The van der Waals surface area contributed by atoms with Gasteiger partial charge in [0.1, 0.15) is 11.4 Å². The highest BCUT2D eigenvalue weighted by atomic mass is 16.5. The van der Waals surface area contributed by atoms with E-state index in [1.54, 1.807) is 13.8 Å². The Morgan fingerprint density at radius 2 is 1.56 bits per heavy atom. The number of amides is 3. The summed E-state index contributed by atoms with van der Waals surface area (Å²) in [7, 11) is 1.23. The van der Waals surface area contributed by atoms with Gasteiger partial charge in [-0.1, -0.05) is 24.3 Å². The fraction of sp³-hybridized carbons (Fsp3) is 0.417. The highest BCUT2D eigenvalue weighted by Gasteiger charge is 2.64. The first-order valence-electron chi connectivity index (χ1n) is 10.6. The number of ether oxygens (including phenoxy) is 1. The summed E-state index contributed by atoms with van der Waals surface area (Å²) in [4.78, 5) is 48.5. The van der Waals surface area contributed by atoms with Gasteiger partial charge in [0.05, 0.1) is 12.5 Å². The van der Waals surface area contributed by atoms with Crippen LogP contribution in [0, 0.1) is 5.41 Å². The molecule has 2 bridgehead atoms. The van der Waals surface area contributed by atoms with Gasteiger partial charge in [-0.25, -0.2) is 4.79 Å². The van der Waals surface area contributed by atoms with E-state index in [0.717, 1.165) is 24.1 Å². The van der Waals surface area contributed by atoms with Crippen LogP contribution in [0.15, 0.2) is 47.8 Å². The zero-order valence-electron chi connectivity index (χ0n) is 18.8. The Morgan fingerprint density at radius 3 is 2.09 bits per heavy atom. The van der Waals surface area contributed by atoms with Crippen LogP contribution in [0.4, 0.5) is 5.69 Å². The SMILES string of the molecule is CC=C(NC(=O)C12CCC(c3ccc(NC(C)=O)cc3)(C1)C2)C(=O)N/C(=C/C)C(=O)OC. The lowest BCUT2D eigenvalue weighted by Gasteiger charge is -2.46. The summed E-state index contributed by atoms with van der Waals surface area (Å²) in [5.74, 6) is -1.53. The molecule has 3 N–H and O–H groups in total. The molecule has 0 aliphatic heterocycles. The third-order valence-corrected chi connectivity index (χ3v) is 6.46. The molecule has 0 unspecified atom stereocenters. The van der Waals surface area contributed by atoms with E-state index in [0.29, 0.717) is 12.8 Å². The highest BCUT2D eigenvalue weighted by Crippen LogP contribution is 2.67. The predicted octanol–water partition coefficient (Wildman–Crippen LogP) is 2.67. The van der Waals surface area contributed by atoms with E-state index in [1.165, 1.54) is 26.2 Å². The average Bonchev–Trinajstić information content (AvgIpc) is 3.33. The Bertz CT molecular complexity index is 1000. The molecule has 1 aromatic rings. The Balaban J connectivity index is 1.64. The normalized spacial score (nSPS) is 24.2. The van der Waals surface area contributed by atoms with Gasteiger partial charge in [-0.15, -0.1) is 0 Å². The molecule has 3 aliphatic carbocycles. The minimum absolute atomic E-state index is 0.00972. The zero-order valence-corrected chi connectivity index (χ0v) is 18.8. The number of allylic oxidation sites excluding steroid dienone is 2. The maximum atomic E-state index is 13.1. The second-order valence-electron chi connectivity index (χ2n) is 8.48. The first kappa shape index (κ1) is 23.2. The lowest BCUT2D eigenvalue weighted by Crippen LogP contribution is -2.51. The molecule has 3 fully saturated rings. The van der Waals surface area contributed by atoms with Gasteiger partial charge in [0.25, 0.3) is 5.91 Å². The third-order valence-electron chi connectivity index (χ3n) is 6.46. The molecule has 0 saturated heterocycles. The smallest absolute Gasteiger partial charge is 0.354 e. The van der Waals surface area contributed by atoms with E-state index in [-0.39, 0.29) is 28.6 Å². The van der Waals surface area contributed by atoms with Gasteiger partial charge in [0, 0.05) is 12.6 Å². The minimum atomic E-state index is -0.662. The number of hydrogen-bond donors (Lipinski definition) is 3. The molecule has 0 atom stereocenters. The van der Waals surface area contributed by atoms with Gasteiger partial charge in [-0.2, -0.15) is 0 Å². The van der Waals surface area contributed by atoms with Crippen molar-refractivity contribution in [1.82, 2.24) is 10.6 Å². The van der Waals surface area contributed by atoms with Crippen LogP contribution >= 0.6 is 0 Å². The van der Waals surface area contributed by atoms with E-state index in [2.05, 4.69) is 20.7 Å². The second-order valence-corrected chi connectivity index (χ2v) is 8.48. The van der Waals surface area contributed by atoms with Crippen molar-refractivity contribution < 1.29 is 23.9 Å². The average molecular weight is 440 g/mol. The molecule has 4 rings (SSSR count). The molecule has 8 heteroatoms. The van der Waals surface area contributed by atoms with Crippen LogP contribution in [-0.2, 0) is 29.3 Å². The number of carbonyl (C=O) groups excluding carboxylic acids is 4. The van der Waals surface area contributed by atoms with E-state index >= 15 is 0 Å². The molecule has 8 nitrogen and oxygen atoms in total. The summed E-state index contributed by atoms with van der Waals surface area (Å²) in [5, 5.41) is 7.99. The number of anilines is 1. The molecule has 0 radical (unpaired) electrons. The van der Waals surface area contributed by atoms with Crippen LogP contribution in [0.2, 0.25) is 0 Å². The molecule has 0 heterocycles. The summed E-state index contributed by atoms with van der Waals surface area (Å²) in [6.07, 6.45) is 6.01. The van der Waals surface area contributed by atoms with E-state index in [1.807, 2.05) is 24.3 Å². The van der Waals surface area contributed by atoms with Crippen molar-refractivity contribution in [2.24, 2.45) is 5.41 Å². The van der Waals surface area contributed by atoms with E-state index in [4.69, 9.17) is 0 Å². The van der Waals surface area contributed by atoms with Gasteiger partial charge in [0.2, 0.25) is 11.8 Å². The Labute approximate surface area is 187 Å². The number of rotatable bonds is 7. The largest absolute Gasteiger partial charge is 0.464 e. The number of nitrogens with one attached hydrogen (secondary N) is 3. The van der Waals surface area contributed by atoms with Crippen LogP contribution < -0.4 is 16.0 Å². The molecular formula is C24H29N3O5. The van der Waals surface area contributed by atoms with Gasteiger partial charge < -0.3 is 20.7 Å². The molecule has 3 aliphatic rings. The van der Waals surface area contributed by atoms with Crippen molar-refractivity contribution in [1.29, 1.82) is 0 Å². The summed E-state index contributed by atoms with van der Waals surface area (Å²) < 4.78 is 4.63. The maximum absolute atomic E-state index is 13.1. The first-order chi connectivity index (χ1) is 15.2. The third kappa shape index (κ3) is 4.30. The number of esters is 1. The van der Waals surface area contributed by atoms with Crippen LogP contribution in [0.1, 0.15) is 52.0 Å². The number of methoxy groups -OCH3 is 1. The van der Waals surface area contributed by atoms with Crippen molar-refractivity contribution >= 4 is 29.4 Å². The summed E-state index contributed by atoms with van der Waals surface area (Å²) >= 11 is 0. The predicted molar refractivity (Wildman–Crippen MR) is 119 cm³/mol. The lowest BCUT2D eigenvalue weighted by atomic mass is 9.57. The topological polar surface area (TPSA) is 114 Å². The molecule has 3 amide bonds. The number of fused-ring (bicyclic) bond motifs is 1. The van der Waals surface area contributed by atoms with Crippen LogP contribution in [0.25, 0.3) is 0 Å². The van der Waals surface area contributed by atoms with Gasteiger partial charge in [0.15, 0.2) is 0 Å². The van der Waals surface area contributed by atoms with Crippen molar-refractivity contribution in [3.05, 3.63) is 53.4 Å². The van der Waals surface area contributed by atoms with E-state index in [9.17, 15) is 19.2 Å². The second kappa shape index (κ2) is 8.98. The van der Waals surface area contributed by atoms with Crippen LogP contribution in [0.3, 0.4) is 0 Å². The summed E-state index contributed by atoms with van der Waals surface area (Å²) in [5.41, 5.74) is 1.46. The molecule has 3 saturated carbocycles. The number of carbonyl (C=O) groups is 4. The van der Waals surface area contributed by atoms with Crippen molar-refractivity contribution in [3.8, 4) is 0 Å². The quantitative estimate of drug-likeness (QED) is 0.447.